The maximum atomic E-state index is 12.4. The third-order valence-electron chi connectivity index (χ3n) is 8.48. The first-order valence-corrected chi connectivity index (χ1v) is 17.9. The molecule has 2 aromatic heterocycles. The van der Waals surface area contributed by atoms with Crippen LogP contribution in [0.25, 0.3) is 22.0 Å². The topological polar surface area (TPSA) is 312 Å². The number of pyridine rings is 1. The van der Waals surface area contributed by atoms with Crippen LogP contribution in [-0.4, -0.2) is 85.1 Å². The van der Waals surface area contributed by atoms with Gasteiger partial charge < -0.3 is 55.9 Å². The number of aromatic nitrogens is 4. The van der Waals surface area contributed by atoms with E-state index in [1.807, 2.05) is 42.5 Å². The second kappa shape index (κ2) is 15.0. The Labute approximate surface area is 284 Å². The van der Waals surface area contributed by atoms with Crippen LogP contribution in [0.5, 0.6) is 0 Å². The van der Waals surface area contributed by atoms with Crippen molar-refractivity contribution in [3.05, 3.63) is 78.8 Å². The van der Waals surface area contributed by atoms with E-state index < -0.39 is 83.5 Å². The molecular weight excluding hydrogens is 702 g/mol. The number of hydrogen-bond acceptors (Lipinski definition) is 15. The molecule has 2 fully saturated rings. The first kappa shape index (κ1) is 37.7. The Kier molecular flexibility index (Phi) is 11.3. The number of primary amides is 1. The van der Waals surface area contributed by atoms with Gasteiger partial charge in [-0.1, -0.05) is 47.7 Å². The van der Waals surface area contributed by atoms with E-state index in [9.17, 15) is 44.1 Å². The lowest BCUT2D eigenvalue weighted by molar-refractivity contribution is -0.728. The molecule has 0 spiro atoms. The minimum Gasteiger partial charge on any atom is -0.756 e. The van der Waals surface area contributed by atoms with Gasteiger partial charge >= 0.3 is 0 Å². The molecule has 21 heteroatoms. The summed E-state index contributed by atoms with van der Waals surface area (Å²) in [6, 6.07) is 15.4. The van der Waals surface area contributed by atoms with Gasteiger partial charge in [-0.05, 0) is 16.8 Å². The average molecular weight is 739 g/mol. The maximum Gasteiger partial charge on any atom is 0.274 e. The van der Waals surface area contributed by atoms with Gasteiger partial charge in [0, 0.05) is 24.0 Å². The second-order valence-electron chi connectivity index (χ2n) is 11.7. The Morgan fingerprint density at radius 2 is 1.66 bits per heavy atom. The van der Waals surface area contributed by atoms with Crippen molar-refractivity contribution >= 4 is 32.3 Å². The summed E-state index contributed by atoms with van der Waals surface area (Å²) in [7, 11) is -11.3. The highest BCUT2D eigenvalue weighted by atomic mass is 31.3. The summed E-state index contributed by atoms with van der Waals surface area (Å²) in [6.45, 7) is -1.71. The van der Waals surface area contributed by atoms with Crippen molar-refractivity contribution in [2.75, 3.05) is 13.2 Å². The van der Waals surface area contributed by atoms with Crippen molar-refractivity contribution < 1.29 is 66.8 Å². The van der Waals surface area contributed by atoms with Crippen LogP contribution in [0.3, 0.4) is 0 Å². The number of carbonyl (C=O) groups is 1. The lowest BCUT2D eigenvalue weighted by Crippen LogP contribution is -2.45. The van der Waals surface area contributed by atoms with Gasteiger partial charge in [-0.15, -0.1) is 5.10 Å². The number of nitrogens with zero attached hydrogens (tertiary/aromatic N) is 4. The number of nitrogens with two attached hydrogens (primary N) is 1. The van der Waals surface area contributed by atoms with Gasteiger partial charge in [-0.3, -0.25) is 13.9 Å². The van der Waals surface area contributed by atoms with Crippen molar-refractivity contribution in [1.29, 1.82) is 0 Å². The molecule has 1 aliphatic carbocycles. The lowest BCUT2D eigenvalue weighted by atomic mass is 10.0. The number of aliphatic hydroxyl groups excluding tert-OH is 4. The molecule has 4 aromatic rings. The zero-order chi connectivity index (χ0) is 35.1. The van der Waals surface area contributed by atoms with Crippen molar-refractivity contribution in [2.45, 2.75) is 49.2 Å². The number of carbonyl (C=O) groups excluding carboxylic acids is 1. The SMILES string of the molecule is NC(=O)c1ccc[n+]([C@@H]2C[C@H](COP(=O)([O-])OP(=O)([O-])OC[C@@H]3O[C@H](n4cc(-c5cccc6ccccc56)nn4)[C@@H](O)[C@H]3O)[C@@H](O)[C@H]2O)c1.[NH4+]. The van der Waals surface area contributed by atoms with E-state index in [0.29, 0.717) is 5.69 Å². The molecule has 270 valence electrons. The number of amides is 1. The Balaban J connectivity index is 0.00000486. The van der Waals surface area contributed by atoms with E-state index in [1.165, 1.54) is 35.3 Å². The Bertz CT molecular complexity index is 1930. The second-order valence-corrected chi connectivity index (χ2v) is 14.6. The molecule has 1 amide bonds. The van der Waals surface area contributed by atoms with E-state index in [1.54, 1.807) is 0 Å². The minimum atomic E-state index is -5.65. The van der Waals surface area contributed by atoms with Crippen LogP contribution < -0.4 is 26.2 Å². The normalized spacial score (nSPS) is 28.9. The maximum absolute atomic E-state index is 12.4. The molecule has 2 unspecified atom stereocenters. The van der Waals surface area contributed by atoms with Crippen LogP contribution in [0.1, 0.15) is 29.0 Å². The van der Waals surface area contributed by atoms with Gasteiger partial charge in [0.2, 0.25) is 0 Å². The zero-order valence-electron chi connectivity index (χ0n) is 26.4. The highest BCUT2D eigenvalue weighted by Gasteiger charge is 2.48. The lowest BCUT2D eigenvalue weighted by Gasteiger charge is -2.32. The number of phosphoric acid groups is 2. The number of phosphoric ester groups is 2. The fourth-order valence-electron chi connectivity index (χ4n) is 5.99. The van der Waals surface area contributed by atoms with E-state index in [0.717, 1.165) is 21.0 Å². The summed E-state index contributed by atoms with van der Waals surface area (Å²) in [6.07, 6.45) is -4.53. The zero-order valence-corrected chi connectivity index (χ0v) is 28.2. The van der Waals surface area contributed by atoms with Gasteiger partial charge in [-0.25, -0.2) is 8.99 Å². The molecule has 1 aliphatic heterocycles. The number of benzene rings is 2. The van der Waals surface area contributed by atoms with Crippen LogP contribution in [0, 0.1) is 5.92 Å². The molecule has 1 saturated heterocycles. The average Bonchev–Trinajstić information content (AvgIpc) is 3.75. The van der Waals surface area contributed by atoms with Gasteiger partial charge in [0.05, 0.1) is 25.5 Å². The van der Waals surface area contributed by atoms with Gasteiger partial charge in [0.25, 0.3) is 21.6 Å². The third kappa shape index (κ3) is 8.01. The summed E-state index contributed by atoms with van der Waals surface area (Å²) >= 11 is 0. The quantitative estimate of drug-likeness (QED) is 0.0785. The summed E-state index contributed by atoms with van der Waals surface area (Å²) < 4.78 is 46.5. The summed E-state index contributed by atoms with van der Waals surface area (Å²) in [5.74, 6) is -1.71. The van der Waals surface area contributed by atoms with Crippen LogP contribution in [-0.2, 0) is 27.2 Å². The predicted molar refractivity (Wildman–Crippen MR) is 167 cm³/mol. The Hall–Kier alpha value is -3.52. The Morgan fingerprint density at radius 3 is 2.40 bits per heavy atom. The van der Waals surface area contributed by atoms with E-state index in [4.69, 9.17) is 15.0 Å². The first-order chi connectivity index (χ1) is 23.2. The Morgan fingerprint density at radius 1 is 0.960 bits per heavy atom. The molecule has 1 saturated carbocycles. The van der Waals surface area contributed by atoms with E-state index >= 15 is 0 Å². The van der Waals surface area contributed by atoms with E-state index in [-0.39, 0.29) is 18.1 Å². The number of quaternary nitrogens is 1. The molecule has 6 rings (SSSR count). The van der Waals surface area contributed by atoms with Crippen LogP contribution >= 0.6 is 15.6 Å². The number of aliphatic hydroxyl groups is 4. The molecule has 19 nitrogen and oxygen atoms in total. The number of fused-ring (bicyclic) bond motifs is 1. The number of hydrogen-bond donors (Lipinski definition) is 6. The largest absolute Gasteiger partial charge is 0.756 e. The van der Waals surface area contributed by atoms with Crippen LogP contribution in [0.2, 0.25) is 0 Å². The van der Waals surface area contributed by atoms with Crippen LogP contribution in [0.4, 0.5) is 0 Å². The third-order valence-corrected chi connectivity index (χ3v) is 11.0. The molecule has 0 bridgehead atoms. The highest BCUT2D eigenvalue weighted by Crippen LogP contribution is 2.56. The number of rotatable bonds is 12. The number of ether oxygens (including phenoxy) is 1. The first-order valence-electron chi connectivity index (χ1n) is 14.9. The molecular formula is C29H36N6O13P2. The molecule has 0 radical (unpaired) electrons. The van der Waals surface area contributed by atoms with Gasteiger partial charge in [0.1, 0.15) is 35.7 Å². The van der Waals surface area contributed by atoms with Crippen molar-refractivity contribution in [1.82, 2.24) is 21.1 Å². The standard InChI is InChI=1S/C29H33N5O13P2.H3N/c30-28(39)17-7-4-10-33(12-17)22-11-18(24(35)25(22)36)14-44-48(40,41)47-49(42,43)45-15-23-26(37)27(38)29(46-23)34-13-21(31-32-34)20-9-3-6-16-5-1-2-8-19(16)20;/h1-10,12-13,18,22-27,29,35-38H,11,14-15H2,(H3-,30,39,40,41,42,43);1H3/t18-,22-,23+,24-,25+,26+,27+,29+;/m1./s1. The van der Waals surface area contributed by atoms with Crippen LogP contribution in [0.15, 0.2) is 73.2 Å². The summed E-state index contributed by atoms with van der Waals surface area (Å²) in [5.41, 5.74) is 6.62. The monoisotopic (exact) mass is 738 g/mol. The van der Waals surface area contributed by atoms with Crippen molar-refractivity contribution in [2.24, 2.45) is 11.7 Å². The molecule has 3 heterocycles. The van der Waals surface area contributed by atoms with Gasteiger partial charge in [-0.2, -0.15) is 4.57 Å². The summed E-state index contributed by atoms with van der Waals surface area (Å²) in [4.78, 5) is 36.3. The predicted octanol–water partition coefficient (Wildman–Crippen LogP) is -0.550. The fourth-order valence-corrected chi connectivity index (χ4v) is 8.05. The van der Waals surface area contributed by atoms with E-state index in [2.05, 4.69) is 19.1 Å². The van der Waals surface area contributed by atoms with Crippen molar-refractivity contribution in [3.63, 3.8) is 0 Å². The molecule has 2 aromatic carbocycles. The molecule has 2 aliphatic rings. The van der Waals surface area contributed by atoms with Gasteiger partial charge in [0.15, 0.2) is 24.7 Å². The fraction of sp³-hybridized carbons (Fsp3) is 0.379. The molecule has 50 heavy (non-hydrogen) atoms. The van der Waals surface area contributed by atoms with Crippen molar-refractivity contribution in [3.8, 4) is 11.3 Å². The molecule has 10 N–H and O–H groups in total. The minimum absolute atomic E-state index is 0. The highest BCUT2D eigenvalue weighted by molar-refractivity contribution is 7.59. The summed E-state index contributed by atoms with van der Waals surface area (Å²) in [5, 5.41) is 52.1. The smallest absolute Gasteiger partial charge is 0.274 e. The molecule has 10 atom stereocenters.